The first-order valence-corrected chi connectivity index (χ1v) is 6.48. The van der Waals surface area contributed by atoms with E-state index in [1.807, 2.05) is 54.6 Å². The van der Waals surface area contributed by atoms with Crippen LogP contribution in [-0.2, 0) is 33.1 Å². The second-order valence-electron chi connectivity index (χ2n) is 4.44. The molecule has 3 rings (SSSR count). The largest absolute Gasteiger partial charge is 0.283 e. The van der Waals surface area contributed by atoms with E-state index in [2.05, 4.69) is 0 Å². The standard InChI is InChI=1S/C11H12NO2.C5H5.Fe/c13-10-5-6-11(14)12(10)8-7-9-3-1-2-4-9;1-2-4-5-3-1;/h1-4H,5-8H2;1-5H;/q2*-1;. The quantitative estimate of drug-likeness (QED) is 0.496. The fourth-order valence-electron chi connectivity index (χ4n) is 2.01. The maximum atomic E-state index is 11.2. The zero-order valence-electron chi connectivity index (χ0n) is 11.1. The summed E-state index contributed by atoms with van der Waals surface area (Å²) in [5, 5.41) is 0. The molecule has 2 amide bonds. The van der Waals surface area contributed by atoms with Crippen molar-refractivity contribution in [2.24, 2.45) is 0 Å². The molecule has 1 heterocycles. The van der Waals surface area contributed by atoms with Gasteiger partial charge in [-0.2, -0.15) is 42.0 Å². The monoisotopic (exact) mass is 311 g/mol. The Hall–Kier alpha value is -1.64. The van der Waals surface area contributed by atoms with E-state index in [4.69, 9.17) is 0 Å². The van der Waals surface area contributed by atoms with Crippen molar-refractivity contribution in [3.05, 3.63) is 60.2 Å². The minimum atomic E-state index is -0.0263. The summed E-state index contributed by atoms with van der Waals surface area (Å²) in [5.74, 6) is -0.0527. The van der Waals surface area contributed by atoms with Crippen LogP contribution in [0.4, 0.5) is 0 Å². The molecular weight excluding hydrogens is 294 g/mol. The summed E-state index contributed by atoms with van der Waals surface area (Å²) in [6.45, 7) is 0.529. The third-order valence-electron chi connectivity index (χ3n) is 3.07. The second-order valence-corrected chi connectivity index (χ2v) is 4.44. The SMILES string of the molecule is O=C1CCC(=O)N1CCc1cc[cH-]c1.[Fe].c1cc[cH-]c1. The number of rotatable bonds is 3. The van der Waals surface area contributed by atoms with Crippen molar-refractivity contribution in [1.82, 2.24) is 4.90 Å². The van der Waals surface area contributed by atoms with Crippen molar-refractivity contribution in [3.63, 3.8) is 0 Å². The van der Waals surface area contributed by atoms with Gasteiger partial charge in [-0.3, -0.25) is 14.5 Å². The Balaban J connectivity index is 0.000000283. The molecule has 1 aliphatic heterocycles. The molecule has 1 fully saturated rings. The van der Waals surface area contributed by atoms with Crippen LogP contribution in [0.15, 0.2) is 54.6 Å². The molecule has 2 aromatic carbocycles. The molecule has 3 nitrogen and oxygen atoms in total. The van der Waals surface area contributed by atoms with Crippen LogP contribution in [0.1, 0.15) is 18.4 Å². The molecule has 2 aromatic rings. The Morgan fingerprint density at radius 3 is 2.10 bits per heavy atom. The van der Waals surface area contributed by atoms with Crippen molar-refractivity contribution < 1.29 is 26.7 Å². The van der Waals surface area contributed by atoms with E-state index in [0.29, 0.717) is 19.4 Å². The smallest absolute Gasteiger partial charge is 0.229 e. The number of imide groups is 1. The van der Waals surface area contributed by atoms with Crippen molar-refractivity contribution in [2.75, 3.05) is 6.54 Å². The van der Waals surface area contributed by atoms with Crippen LogP contribution in [0, 0.1) is 0 Å². The molecule has 0 aromatic heterocycles. The molecule has 0 radical (unpaired) electrons. The molecule has 0 saturated carbocycles. The van der Waals surface area contributed by atoms with Gasteiger partial charge in [-0.15, -0.1) is 0 Å². The van der Waals surface area contributed by atoms with Gasteiger partial charge >= 0.3 is 0 Å². The van der Waals surface area contributed by atoms with Gasteiger partial charge in [-0.1, -0.05) is 6.42 Å². The van der Waals surface area contributed by atoms with Gasteiger partial charge in [-0.25, -0.2) is 18.2 Å². The molecule has 0 spiro atoms. The van der Waals surface area contributed by atoms with E-state index in [9.17, 15) is 9.59 Å². The van der Waals surface area contributed by atoms with Gasteiger partial charge in [-0.05, 0) is 0 Å². The van der Waals surface area contributed by atoms with Gasteiger partial charge in [0, 0.05) is 36.5 Å². The van der Waals surface area contributed by atoms with Crippen molar-refractivity contribution in [3.8, 4) is 0 Å². The third-order valence-corrected chi connectivity index (χ3v) is 3.07. The number of amides is 2. The minimum absolute atomic E-state index is 0. The Morgan fingerprint density at radius 1 is 1.00 bits per heavy atom. The van der Waals surface area contributed by atoms with Crippen LogP contribution in [0.5, 0.6) is 0 Å². The summed E-state index contributed by atoms with van der Waals surface area (Å²) in [6, 6.07) is 17.9. The van der Waals surface area contributed by atoms with E-state index in [0.717, 1.165) is 6.42 Å². The molecule has 0 unspecified atom stereocenters. The van der Waals surface area contributed by atoms with Gasteiger partial charge in [0.15, 0.2) is 0 Å². The van der Waals surface area contributed by atoms with Gasteiger partial charge in [0.1, 0.15) is 0 Å². The zero-order chi connectivity index (χ0) is 13.5. The molecular formula is C16H17FeNO2-2. The molecule has 0 N–H and O–H groups in total. The Bertz CT molecular complexity index is 469. The molecule has 0 bridgehead atoms. The zero-order valence-corrected chi connectivity index (χ0v) is 12.2. The van der Waals surface area contributed by atoms with Crippen molar-refractivity contribution in [2.45, 2.75) is 19.3 Å². The summed E-state index contributed by atoms with van der Waals surface area (Å²) in [4.78, 5) is 23.9. The molecule has 20 heavy (non-hydrogen) atoms. The van der Waals surface area contributed by atoms with Crippen LogP contribution in [-0.4, -0.2) is 23.3 Å². The van der Waals surface area contributed by atoms with E-state index in [-0.39, 0.29) is 28.9 Å². The molecule has 0 atom stereocenters. The van der Waals surface area contributed by atoms with Crippen LogP contribution in [0.25, 0.3) is 0 Å². The van der Waals surface area contributed by atoms with E-state index < -0.39 is 0 Å². The summed E-state index contributed by atoms with van der Waals surface area (Å²) in [5.41, 5.74) is 1.18. The normalized spacial score (nSPS) is 13.7. The van der Waals surface area contributed by atoms with Crippen molar-refractivity contribution in [1.29, 1.82) is 0 Å². The molecule has 1 aliphatic rings. The minimum Gasteiger partial charge on any atom is -0.283 e. The van der Waals surface area contributed by atoms with E-state index in [1.54, 1.807) is 0 Å². The van der Waals surface area contributed by atoms with Crippen LogP contribution in [0.3, 0.4) is 0 Å². The topological polar surface area (TPSA) is 37.4 Å². The van der Waals surface area contributed by atoms with E-state index in [1.165, 1.54) is 10.5 Å². The average molecular weight is 311 g/mol. The molecule has 108 valence electrons. The summed E-state index contributed by atoms with van der Waals surface area (Å²) in [6.07, 6.45) is 1.55. The van der Waals surface area contributed by atoms with E-state index >= 15 is 0 Å². The maximum absolute atomic E-state index is 11.2. The van der Waals surface area contributed by atoms with Crippen LogP contribution in [0.2, 0.25) is 0 Å². The summed E-state index contributed by atoms with van der Waals surface area (Å²) < 4.78 is 0. The van der Waals surface area contributed by atoms with Crippen molar-refractivity contribution >= 4 is 11.8 Å². The fraction of sp³-hybridized carbons (Fsp3) is 0.250. The molecule has 0 aliphatic carbocycles. The number of carbonyl (C=O) groups excluding carboxylic acids is 2. The van der Waals surface area contributed by atoms with Gasteiger partial charge < -0.3 is 0 Å². The van der Waals surface area contributed by atoms with Gasteiger partial charge in [0.2, 0.25) is 11.8 Å². The van der Waals surface area contributed by atoms with Crippen LogP contribution < -0.4 is 0 Å². The third kappa shape index (κ3) is 4.80. The fourth-order valence-corrected chi connectivity index (χ4v) is 2.01. The summed E-state index contributed by atoms with van der Waals surface area (Å²) >= 11 is 0. The Morgan fingerprint density at radius 2 is 1.65 bits per heavy atom. The van der Waals surface area contributed by atoms with Gasteiger partial charge in [0.05, 0.1) is 0 Å². The number of carbonyl (C=O) groups is 2. The molecule has 1 saturated heterocycles. The number of nitrogens with zero attached hydrogens (tertiary/aromatic N) is 1. The first-order chi connectivity index (χ1) is 9.27. The molecule has 4 heteroatoms. The number of hydrogen-bond donors (Lipinski definition) is 0. The average Bonchev–Trinajstić information content (AvgIpc) is 3.13. The second kappa shape index (κ2) is 8.51. The number of likely N-dealkylation sites (tertiary alicyclic amines) is 1. The van der Waals surface area contributed by atoms with Crippen LogP contribution >= 0.6 is 0 Å². The first kappa shape index (κ1) is 16.4. The Kier molecular flexibility index (Phi) is 6.99. The predicted octanol–water partition coefficient (Wildman–Crippen LogP) is 2.50. The maximum Gasteiger partial charge on any atom is 0.229 e. The summed E-state index contributed by atoms with van der Waals surface area (Å²) in [7, 11) is 0. The number of hydrogen-bond acceptors (Lipinski definition) is 2. The first-order valence-electron chi connectivity index (χ1n) is 6.48. The predicted molar refractivity (Wildman–Crippen MR) is 73.7 cm³/mol. The Labute approximate surface area is 129 Å². The van der Waals surface area contributed by atoms with Gasteiger partial charge in [0.25, 0.3) is 0 Å².